The summed E-state index contributed by atoms with van der Waals surface area (Å²) in [6, 6.07) is 4.24. The number of benzene rings is 1. The first-order valence-electron chi connectivity index (χ1n) is 4.22. The van der Waals surface area contributed by atoms with Gasteiger partial charge in [0.2, 0.25) is 0 Å². The molecule has 1 nitrogen and oxygen atoms in total. The molecule has 0 saturated heterocycles. The number of rotatable bonds is 4. The van der Waals surface area contributed by atoms with Crippen LogP contribution in [0, 0.1) is 0 Å². The highest BCUT2D eigenvalue weighted by atomic mass is 35.5. The predicted octanol–water partition coefficient (Wildman–Crippen LogP) is 3.26. The molecule has 0 spiro atoms. The number of thiol groups is 1. The number of hydrogen-bond donors (Lipinski definition) is 1. The van der Waals surface area contributed by atoms with Gasteiger partial charge in [-0.05, 0) is 11.6 Å². The Morgan fingerprint density at radius 1 is 1.47 bits per heavy atom. The Bertz CT molecular complexity index is 368. The molecule has 0 bridgehead atoms. The van der Waals surface area contributed by atoms with E-state index in [1.807, 2.05) is 0 Å². The average molecular weight is 251 g/mol. The van der Waals surface area contributed by atoms with Gasteiger partial charge in [-0.2, -0.15) is 0 Å². The zero-order valence-electron chi connectivity index (χ0n) is 7.71. The second-order valence-electron chi connectivity index (χ2n) is 3.04. The molecular weight excluding hydrogens is 242 g/mol. The third kappa shape index (κ3) is 3.47. The van der Waals surface area contributed by atoms with Crippen LogP contribution in [0.3, 0.4) is 0 Å². The lowest BCUT2D eigenvalue weighted by molar-refractivity contribution is -0.116. The summed E-state index contributed by atoms with van der Waals surface area (Å²) in [7, 11) is 0. The molecule has 0 N–H and O–H groups in total. The fourth-order valence-electron chi connectivity index (χ4n) is 1.16. The summed E-state index contributed by atoms with van der Waals surface area (Å²) >= 11 is 9.27. The number of Topliss-reactive ketones (excluding diaryl/α,β-unsaturated/α-hetero) is 1. The molecule has 1 aromatic carbocycles. The van der Waals surface area contributed by atoms with Gasteiger partial charge in [-0.1, -0.05) is 12.1 Å². The standard InChI is InChI=1S/C10H9ClF2OS/c11-5-7(14)3-6-1-2-8(10(12)13)9(15)4-6/h1-2,4,10,15H,3,5H2. The van der Waals surface area contributed by atoms with E-state index in [4.69, 9.17) is 11.6 Å². The van der Waals surface area contributed by atoms with Gasteiger partial charge in [0.1, 0.15) is 0 Å². The molecule has 0 amide bonds. The highest BCUT2D eigenvalue weighted by molar-refractivity contribution is 7.80. The molecule has 0 saturated carbocycles. The van der Waals surface area contributed by atoms with E-state index >= 15 is 0 Å². The normalized spacial score (nSPS) is 10.7. The largest absolute Gasteiger partial charge is 0.298 e. The lowest BCUT2D eigenvalue weighted by Crippen LogP contribution is -2.04. The molecule has 82 valence electrons. The third-order valence-electron chi connectivity index (χ3n) is 1.88. The molecule has 0 aliphatic carbocycles. The summed E-state index contributed by atoms with van der Waals surface area (Å²) in [4.78, 5) is 11.2. The molecule has 15 heavy (non-hydrogen) atoms. The number of alkyl halides is 3. The fraction of sp³-hybridized carbons (Fsp3) is 0.300. The number of carbonyl (C=O) groups is 1. The van der Waals surface area contributed by atoms with Crippen LogP contribution in [-0.4, -0.2) is 11.7 Å². The molecule has 0 atom stereocenters. The maximum Gasteiger partial charge on any atom is 0.264 e. The first-order chi connectivity index (χ1) is 7.04. The Labute approximate surface area is 96.8 Å². The van der Waals surface area contributed by atoms with Crippen molar-refractivity contribution in [3.8, 4) is 0 Å². The molecule has 1 rings (SSSR count). The van der Waals surface area contributed by atoms with E-state index in [-0.39, 0.29) is 28.5 Å². The number of hydrogen-bond acceptors (Lipinski definition) is 2. The van der Waals surface area contributed by atoms with Crippen molar-refractivity contribution in [2.24, 2.45) is 0 Å². The van der Waals surface area contributed by atoms with E-state index in [1.54, 1.807) is 0 Å². The van der Waals surface area contributed by atoms with Crippen LogP contribution >= 0.6 is 24.2 Å². The van der Waals surface area contributed by atoms with Crippen molar-refractivity contribution in [2.75, 3.05) is 5.88 Å². The van der Waals surface area contributed by atoms with Crippen molar-refractivity contribution in [3.05, 3.63) is 29.3 Å². The van der Waals surface area contributed by atoms with Gasteiger partial charge >= 0.3 is 0 Å². The second-order valence-corrected chi connectivity index (χ2v) is 3.79. The number of ketones is 1. The topological polar surface area (TPSA) is 17.1 Å². The Kier molecular flexibility index (Phi) is 4.54. The van der Waals surface area contributed by atoms with Crippen molar-refractivity contribution in [1.82, 2.24) is 0 Å². The third-order valence-corrected chi connectivity index (χ3v) is 2.57. The van der Waals surface area contributed by atoms with E-state index < -0.39 is 6.43 Å². The molecule has 0 aliphatic rings. The Morgan fingerprint density at radius 2 is 2.13 bits per heavy atom. The van der Waals surface area contributed by atoms with Gasteiger partial charge in [-0.15, -0.1) is 24.2 Å². The van der Waals surface area contributed by atoms with Gasteiger partial charge in [-0.25, -0.2) is 8.78 Å². The molecule has 0 aromatic heterocycles. The zero-order chi connectivity index (χ0) is 11.4. The average Bonchev–Trinajstić information content (AvgIpc) is 2.17. The van der Waals surface area contributed by atoms with Crippen molar-refractivity contribution < 1.29 is 13.6 Å². The molecule has 0 unspecified atom stereocenters. The minimum atomic E-state index is -2.55. The minimum Gasteiger partial charge on any atom is -0.298 e. The van der Waals surface area contributed by atoms with Gasteiger partial charge in [0.15, 0.2) is 5.78 Å². The quantitative estimate of drug-likeness (QED) is 0.641. The summed E-state index contributed by atoms with van der Waals surface area (Å²) < 4.78 is 24.7. The summed E-state index contributed by atoms with van der Waals surface area (Å²) in [6.45, 7) is 0. The monoisotopic (exact) mass is 250 g/mol. The molecule has 1 aromatic rings. The smallest absolute Gasteiger partial charge is 0.264 e. The van der Waals surface area contributed by atoms with Crippen molar-refractivity contribution in [3.63, 3.8) is 0 Å². The van der Waals surface area contributed by atoms with Gasteiger partial charge < -0.3 is 0 Å². The van der Waals surface area contributed by atoms with Crippen LogP contribution in [0.1, 0.15) is 17.6 Å². The summed E-state index contributed by atoms with van der Waals surface area (Å²) in [6.07, 6.45) is -2.39. The molecule has 0 fully saturated rings. The Balaban J connectivity index is 2.87. The lowest BCUT2D eigenvalue weighted by atomic mass is 10.1. The van der Waals surface area contributed by atoms with Crippen LogP contribution in [0.25, 0.3) is 0 Å². The van der Waals surface area contributed by atoms with Crippen molar-refractivity contribution >= 4 is 30.0 Å². The number of carbonyl (C=O) groups excluding carboxylic acids is 1. The Morgan fingerprint density at radius 3 is 2.60 bits per heavy atom. The minimum absolute atomic E-state index is 0.0709. The summed E-state index contributed by atoms with van der Waals surface area (Å²) in [5, 5.41) is 0. The van der Waals surface area contributed by atoms with Gasteiger partial charge in [0.05, 0.1) is 5.88 Å². The van der Waals surface area contributed by atoms with Crippen LogP contribution in [0.2, 0.25) is 0 Å². The maximum absolute atomic E-state index is 12.4. The van der Waals surface area contributed by atoms with Gasteiger partial charge in [0.25, 0.3) is 6.43 Å². The first kappa shape index (κ1) is 12.5. The van der Waals surface area contributed by atoms with Crippen LogP contribution in [-0.2, 0) is 11.2 Å². The highest BCUT2D eigenvalue weighted by Gasteiger charge is 2.11. The lowest BCUT2D eigenvalue weighted by Gasteiger charge is -2.06. The predicted molar refractivity (Wildman–Crippen MR) is 58.1 cm³/mol. The van der Waals surface area contributed by atoms with E-state index in [0.29, 0.717) is 5.56 Å². The van der Waals surface area contributed by atoms with Gasteiger partial charge in [0, 0.05) is 16.9 Å². The number of halogens is 3. The van der Waals surface area contributed by atoms with E-state index in [0.717, 1.165) is 0 Å². The summed E-state index contributed by atoms with van der Waals surface area (Å²) in [5.41, 5.74) is 0.524. The first-order valence-corrected chi connectivity index (χ1v) is 5.20. The molecule has 0 radical (unpaired) electrons. The van der Waals surface area contributed by atoms with Crippen molar-refractivity contribution in [1.29, 1.82) is 0 Å². The molecule has 0 aliphatic heterocycles. The van der Waals surface area contributed by atoms with E-state index in [9.17, 15) is 13.6 Å². The second kappa shape index (κ2) is 5.47. The van der Waals surface area contributed by atoms with Crippen molar-refractivity contribution in [2.45, 2.75) is 17.7 Å². The van der Waals surface area contributed by atoms with Crippen LogP contribution in [0.4, 0.5) is 8.78 Å². The van der Waals surface area contributed by atoms with Gasteiger partial charge in [-0.3, -0.25) is 4.79 Å². The van der Waals surface area contributed by atoms with E-state index in [2.05, 4.69) is 12.6 Å². The summed E-state index contributed by atoms with van der Waals surface area (Å²) in [5.74, 6) is -0.215. The molecule has 0 heterocycles. The highest BCUT2D eigenvalue weighted by Crippen LogP contribution is 2.26. The fourth-order valence-corrected chi connectivity index (χ4v) is 1.59. The van der Waals surface area contributed by atoms with E-state index in [1.165, 1.54) is 18.2 Å². The molecular formula is C10H9ClF2OS. The SMILES string of the molecule is O=C(CCl)Cc1ccc(C(F)F)c(S)c1. The Hall–Kier alpha value is -0.610. The van der Waals surface area contributed by atoms with Crippen LogP contribution < -0.4 is 0 Å². The molecule has 5 heteroatoms. The van der Waals surface area contributed by atoms with Crippen LogP contribution in [0.5, 0.6) is 0 Å². The van der Waals surface area contributed by atoms with Crippen LogP contribution in [0.15, 0.2) is 23.1 Å². The zero-order valence-corrected chi connectivity index (χ0v) is 9.36. The maximum atomic E-state index is 12.4.